The van der Waals surface area contributed by atoms with Crippen molar-refractivity contribution >= 4 is 21.4 Å². The topological polar surface area (TPSA) is 0 Å². The summed E-state index contributed by atoms with van der Waals surface area (Å²) in [4.78, 5) is 0. The monoisotopic (exact) mass is 212 g/mol. The molecular formula is C7H13In. The molecule has 1 heterocycles. The summed E-state index contributed by atoms with van der Waals surface area (Å²) in [6, 6.07) is 0. The van der Waals surface area contributed by atoms with Gasteiger partial charge in [-0.3, -0.25) is 0 Å². The molecule has 0 amide bonds. The van der Waals surface area contributed by atoms with Crippen molar-refractivity contribution < 1.29 is 0 Å². The van der Waals surface area contributed by atoms with Gasteiger partial charge in [0, 0.05) is 0 Å². The van der Waals surface area contributed by atoms with Crippen molar-refractivity contribution in [2.75, 3.05) is 0 Å². The number of hydrogen-bond donors (Lipinski definition) is 0. The summed E-state index contributed by atoms with van der Waals surface area (Å²) in [5.74, 6) is 0. The van der Waals surface area contributed by atoms with Gasteiger partial charge in [-0.05, 0) is 0 Å². The van der Waals surface area contributed by atoms with Gasteiger partial charge in [-0.25, -0.2) is 0 Å². The van der Waals surface area contributed by atoms with E-state index in [9.17, 15) is 0 Å². The van der Waals surface area contributed by atoms with Gasteiger partial charge >= 0.3 is 59.5 Å². The van der Waals surface area contributed by atoms with Crippen LogP contribution in [0.2, 0.25) is 12.0 Å². The van der Waals surface area contributed by atoms with Crippen LogP contribution in [0.25, 0.3) is 0 Å². The van der Waals surface area contributed by atoms with Crippen molar-refractivity contribution in [1.29, 1.82) is 0 Å². The Morgan fingerprint density at radius 3 is 2.00 bits per heavy atom. The van der Waals surface area contributed by atoms with E-state index in [1.54, 1.807) is 0 Å². The van der Waals surface area contributed by atoms with Gasteiger partial charge in [0.2, 0.25) is 0 Å². The van der Waals surface area contributed by atoms with Gasteiger partial charge in [0.15, 0.2) is 0 Å². The van der Waals surface area contributed by atoms with Crippen LogP contribution in [0.15, 0.2) is 12.2 Å². The molecule has 44 valence electrons. The second kappa shape index (κ2) is 2.95. The van der Waals surface area contributed by atoms with Crippen LogP contribution in [0.4, 0.5) is 0 Å². The van der Waals surface area contributed by atoms with E-state index in [4.69, 9.17) is 0 Å². The minimum atomic E-state index is -0.890. The molecule has 0 radical (unpaired) electrons. The molecular weight excluding hydrogens is 199 g/mol. The molecule has 0 spiro atoms. The second-order valence-electron chi connectivity index (χ2n) is 2.95. The molecule has 0 saturated carbocycles. The molecule has 0 aromatic heterocycles. The molecule has 0 fully saturated rings. The van der Waals surface area contributed by atoms with E-state index in [1.165, 1.54) is 8.35 Å². The quantitative estimate of drug-likeness (QED) is 0.585. The van der Waals surface area contributed by atoms with Gasteiger partial charge in [-0.15, -0.1) is 0 Å². The zero-order valence-electron chi connectivity index (χ0n) is 5.72. The van der Waals surface area contributed by atoms with Crippen molar-refractivity contribution in [3.05, 3.63) is 12.2 Å². The van der Waals surface area contributed by atoms with Gasteiger partial charge in [-0.2, -0.15) is 0 Å². The van der Waals surface area contributed by atoms with E-state index < -0.39 is 21.4 Å². The zero-order chi connectivity index (χ0) is 5.98. The van der Waals surface area contributed by atoms with Crippen molar-refractivity contribution in [1.82, 2.24) is 0 Å². The van der Waals surface area contributed by atoms with Crippen LogP contribution in [-0.4, -0.2) is 21.4 Å². The Balaban J connectivity index is 2.29. The molecule has 1 aliphatic heterocycles. The van der Waals surface area contributed by atoms with Crippen molar-refractivity contribution in [3.8, 4) is 0 Å². The third-order valence-corrected chi connectivity index (χ3v) is 12.4. The predicted octanol–water partition coefficient (Wildman–Crippen LogP) is 2.46. The molecule has 1 rings (SSSR count). The third kappa shape index (κ3) is 1.54. The van der Waals surface area contributed by atoms with Crippen LogP contribution >= 0.6 is 0 Å². The van der Waals surface area contributed by atoms with Crippen molar-refractivity contribution in [2.45, 2.75) is 25.9 Å². The summed E-state index contributed by atoms with van der Waals surface area (Å²) in [6.45, 7) is 4.79. The van der Waals surface area contributed by atoms with E-state index in [2.05, 4.69) is 26.0 Å². The van der Waals surface area contributed by atoms with Gasteiger partial charge in [-0.1, -0.05) is 0 Å². The molecule has 1 heteroatoms. The molecule has 0 saturated heterocycles. The molecule has 0 aromatic rings. The Labute approximate surface area is 59.5 Å². The molecule has 0 bridgehead atoms. The Kier molecular flexibility index (Phi) is 2.48. The first-order valence-corrected chi connectivity index (χ1v) is 10.0. The number of hydrogen-bond acceptors (Lipinski definition) is 0. The summed E-state index contributed by atoms with van der Waals surface area (Å²) in [5, 5.41) is 0. The first-order valence-electron chi connectivity index (χ1n) is 3.45. The maximum atomic E-state index is 2.40. The van der Waals surface area contributed by atoms with Gasteiger partial charge in [0.05, 0.1) is 0 Å². The molecule has 0 nitrogen and oxygen atoms in total. The summed E-state index contributed by atoms with van der Waals surface area (Å²) >= 11 is -0.890. The van der Waals surface area contributed by atoms with Crippen LogP contribution in [0.1, 0.15) is 13.8 Å². The van der Waals surface area contributed by atoms with Crippen molar-refractivity contribution in [2.24, 2.45) is 0 Å². The van der Waals surface area contributed by atoms with Crippen LogP contribution in [0, 0.1) is 0 Å². The molecule has 0 N–H and O–H groups in total. The van der Waals surface area contributed by atoms with Gasteiger partial charge in [0.1, 0.15) is 0 Å². The van der Waals surface area contributed by atoms with E-state index in [0.29, 0.717) is 0 Å². The normalized spacial score (nSPS) is 18.6. The molecule has 0 atom stereocenters. The van der Waals surface area contributed by atoms with Gasteiger partial charge in [0.25, 0.3) is 0 Å². The Morgan fingerprint density at radius 2 is 1.75 bits per heavy atom. The Morgan fingerprint density at radius 1 is 1.25 bits per heavy atom. The molecule has 8 heavy (non-hydrogen) atoms. The van der Waals surface area contributed by atoms with Crippen LogP contribution in [0.3, 0.4) is 0 Å². The SMILES string of the molecule is C[CH](C)[In]1[CH2]C=C[CH2]1. The number of rotatable bonds is 1. The fourth-order valence-electron chi connectivity index (χ4n) is 1.18. The average molecular weight is 212 g/mol. The van der Waals surface area contributed by atoms with Crippen LogP contribution < -0.4 is 0 Å². The van der Waals surface area contributed by atoms with E-state index in [0.717, 1.165) is 3.67 Å². The third-order valence-electron chi connectivity index (χ3n) is 1.99. The summed E-state index contributed by atoms with van der Waals surface area (Å²) < 4.78 is 4.14. The molecule has 1 aliphatic rings. The summed E-state index contributed by atoms with van der Waals surface area (Å²) in [5.41, 5.74) is 0. The Bertz CT molecular complexity index is 86.6. The Hall–Kier alpha value is 0.610. The second-order valence-corrected chi connectivity index (χ2v) is 13.8. The van der Waals surface area contributed by atoms with Crippen molar-refractivity contribution in [3.63, 3.8) is 0 Å². The maximum absolute atomic E-state index is 2.40. The average Bonchev–Trinajstić information content (AvgIpc) is 2.12. The first-order chi connectivity index (χ1) is 3.80. The first kappa shape index (κ1) is 6.73. The fraction of sp³-hybridized carbons (Fsp3) is 0.714. The summed E-state index contributed by atoms with van der Waals surface area (Å²) in [6.07, 6.45) is 4.78. The van der Waals surface area contributed by atoms with E-state index in [1.807, 2.05) is 0 Å². The summed E-state index contributed by atoms with van der Waals surface area (Å²) in [7, 11) is 0. The predicted molar refractivity (Wildman–Crippen MR) is 39.6 cm³/mol. The minimum absolute atomic E-state index is 0.890. The van der Waals surface area contributed by atoms with E-state index in [-0.39, 0.29) is 0 Å². The molecule has 0 unspecified atom stereocenters. The fourth-order valence-corrected chi connectivity index (χ4v) is 7.93. The van der Waals surface area contributed by atoms with Crippen LogP contribution in [-0.2, 0) is 0 Å². The van der Waals surface area contributed by atoms with E-state index >= 15 is 0 Å². The zero-order valence-corrected chi connectivity index (χ0v) is 9.02. The number of allylic oxidation sites excluding steroid dienone is 2. The molecule has 0 aliphatic carbocycles. The van der Waals surface area contributed by atoms with Gasteiger partial charge < -0.3 is 0 Å². The van der Waals surface area contributed by atoms with Crippen LogP contribution in [0.5, 0.6) is 0 Å². The molecule has 0 aromatic carbocycles. The standard InChI is InChI=1S/C4H6.C3H7.In/c1-3-4-2;1-3-2;/h3-4H,1-2H2;3H,1-2H3;.